The Morgan fingerprint density at radius 3 is 2.02 bits per heavy atom. The second-order valence-electron chi connectivity index (χ2n) is 10.3. The molecule has 0 bridgehead atoms. The fourth-order valence-corrected chi connectivity index (χ4v) is 5.01. The summed E-state index contributed by atoms with van der Waals surface area (Å²) >= 11 is 0. The fourth-order valence-electron chi connectivity index (χ4n) is 4.44. The first-order valence-corrected chi connectivity index (χ1v) is 14.8. The number of amides is 1. The van der Waals surface area contributed by atoms with E-state index in [0.29, 0.717) is 17.8 Å². The highest BCUT2D eigenvalue weighted by molar-refractivity contribution is 7.92. The molecule has 2 heterocycles. The Kier molecular flexibility index (Phi) is 10.1. The van der Waals surface area contributed by atoms with E-state index in [1.807, 2.05) is 37.1 Å². The van der Waals surface area contributed by atoms with Gasteiger partial charge in [0.1, 0.15) is 0 Å². The third-order valence-corrected chi connectivity index (χ3v) is 7.14. The fraction of sp³-hybridized carbons (Fsp3) is 0.538. The number of carbonyl (C=O) groups excluding carboxylic acids is 1. The number of alkyl halides is 3. The molecule has 0 unspecified atom stereocenters. The van der Waals surface area contributed by atoms with Crippen molar-refractivity contribution in [3.8, 4) is 11.3 Å². The van der Waals surface area contributed by atoms with Crippen LogP contribution in [0.2, 0.25) is 0 Å². The van der Waals surface area contributed by atoms with Gasteiger partial charge in [-0.05, 0) is 37.8 Å². The topological polar surface area (TPSA) is 133 Å². The molecule has 1 saturated carbocycles. The van der Waals surface area contributed by atoms with Crippen molar-refractivity contribution in [3.63, 3.8) is 0 Å². The molecular formula is C26H34F3N5O5S. The predicted molar refractivity (Wildman–Crippen MR) is 143 cm³/mol. The van der Waals surface area contributed by atoms with Crippen molar-refractivity contribution in [2.45, 2.75) is 64.3 Å². The molecule has 10 nitrogen and oxygen atoms in total. The number of carboxylic acid groups (broad SMARTS) is 1. The third-order valence-electron chi connectivity index (χ3n) is 6.53. The number of halogens is 3. The lowest BCUT2D eigenvalue weighted by molar-refractivity contribution is -0.192. The lowest BCUT2D eigenvalue weighted by Gasteiger charge is -2.39. The van der Waals surface area contributed by atoms with Crippen molar-refractivity contribution < 1.29 is 36.3 Å². The van der Waals surface area contributed by atoms with Crippen LogP contribution in [0.25, 0.3) is 11.3 Å². The molecule has 1 saturated heterocycles. The largest absolute Gasteiger partial charge is 0.490 e. The zero-order valence-electron chi connectivity index (χ0n) is 22.6. The van der Waals surface area contributed by atoms with Crippen LogP contribution in [0.15, 0.2) is 36.7 Å². The highest BCUT2D eigenvalue weighted by atomic mass is 32.2. The molecule has 0 spiro atoms. The van der Waals surface area contributed by atoms with Crippen LogP contribution in [-0.4, -0.2) is 82.8 Å². The lowest BCUT2D eigenvalue weighted by Crippen LogP contribution is -2.48. The third kappa shape index (κ3) is 9.44. The van der Waals surface area contributed by atoms with Gasteiger partial charge in [0, 0.05) is 48.9 Å². The van der Waals surface area contributed by atoms with Gasteiger partial charge in [-0.25, -0.2) is 13.2 Å². The summed E-state index contributed by atoms with van der Waals surface area (Å²) in [6.07, 6.45) is 4.14. The number of hydrogen-bond donors (Lipinski definition) is 2. The van der Waals surface area contributed by atoms with Gasteiger partial charge in [0.25, 0.3) is 0 Å². The molecule has 4 rings (SSSR count). The summed E-state index contributed by atoms with van der Waals surface area (Å²) in [6, 6.07) is 8.19. The summed E-state index contributed by atoms with van der Waals surface area (Å²) < 4.78 is 56.9. The van der Waals surface area contributed by atoms with Gasteiger partial charge >= 0.3 is 12.1 Å². The maximum Gasteiger partial charge on any atom is 0.490 e. The van der Waals surface area contributed by atoms with Crippen LogP contribution >= 0.6 is 0 Å². The Morgan fingerprint density at radius 1 is 1.05 bits per heavy atom. The number of anilines is 1. The Hall–Kier alpha value is -3.26. The first-order valence-electron chi connectivity index (χ1n) is 12.9. The number of hydrogen-bond acceptors (Lipinski definition) is 7. The van der Waals surface area contributed by atoms with E-state index in [4.69, 9.17) is 9.90 Å². The maximum absolute atomic E-state index is 12.3. The van der Waals surface area contributed by atoms with Gasteiger partial charge in [-0.1, -0.05) is 26.0 Å². The summed E-state index contributed by atoms with van der Waals surface area (Å²) in [5.41, 5.74) is 3.10. The molecular weight excluding hydrogens is 551 g/mol. The van der Waals surface area contributed by atoms with Crippen molar-refractivity contribution in [1.82, 2.24) is 19.8 Å². The number of benzene rings is 1. The second-order valence-corrected chi connectivity index (χ2v) is 12.0. The van der Waals surface area contributed by atoms with Crippen LogP contribution in [0.4, 0.5) is 18.9 Å². The van der Waals surface area contributed by atoms with Gasteiger partial charge in [0.05, 0.1) is 30.0 Å². The number of carbonyl (C=O) groups is 2. The SMILES string of the molecule is CC(C)C(=O)N1CCC(N(Cc2cnc(-c3ccc(NS(C)(=O)=O)cc3)cn2)C2CC2)CC1.O=C(O)C(F)(F)F. The van der Waals surface area contributed by atoms with Gasteiger partial charge < -0.3 is 10.0 Å². The van der Waals surface area contributed by atoms with E-state index in [1.54, 1.807) is 18.3 Å². The minimum absolute atomic E-state index is 0.0574. The molecule has 0 radical (unpaired) electrons. The van der Waals surface area contributed by atoms with Crippen LogP contribution in [0.5, 0.6) is 0 Å². The molecule has 220 valence electrons. The molecule has 14 heteroatoms. The summed E-state index contributed by atoms with van der Waals surface area (Å²) in [5.74, 6) is -2.44. The van der Waals surface area contributed by atoms with Gasteiger partial charge in [0.2, 0.25) is 15.9 Å². The smallest absolute Gasteiger partial charge is 0.475 e. The molecule has 2 aliphatic rings. The van der Waals surface area contributed by atoms with E-state index >= 15 is 0 Å². The molecule has 1 aromatic heterocycles. The van der Waals surface area contributed by atoms with Crippen molar-refractivity contribution >= 4 is 27.6 Å². The van der Waals surface area contributed by atoms with Crippen LogP contribution in [-0.2, 0) is 26.2 Å². The minimum atomic E-state index is -5.08. The van der Waals surface area contributed by atoms with E-state index in [1.165, 1.54) is 12.8 Å². The second kappa shape index (κ2) is 12.9. The molecule has 40 heavy (non-hydrogen) atoms. The van der Waals surface area contributed by atoms with Gasteiger partial charge in [-0.2, -0.15) is 13.2 Å². The standard InChI is InChI=1S/C24H33N5O3S.C2HF3O2/c1-17(2)24(30)28-12-10-22(11-13-28)29(21-8-9-21)16-20-14-26-23(15-25-20)18-4-6-19(7-5-18)27-33(3,31)32;3-2(4,5)1(6)7/h4-7,14-15,17,21-22,27H,8-13,16H2,1-3H3;(H,6,7). The van der Waals surface area contributed by atoms with Gasteiger partial charge in [0.15, 0.2) is 0 Å². The molecule has 1 aliphatic carbocycles. The highest BCUT2D eigenvalue weighted by Crippen LogP contribution is 2.33. The summed E-state index contributed by atoms with van der Waals surface area (Å²) in [4.78, 5) is 35.0. The summed E-state index contributed by atoms with van der Waals surface area (Å²) in [6.45, 7) is 6.37. The molecule has 2 N–H and O–H groups in total. The Bertz CT molecular complexity index is 1260. The summed E-state index contributed by atoms with van der Waals surface area (Å²) in [7, 11) is -3.30. The highest BCUT2D eigenvalue weighted by Gasteiger charge is 2.38. The zero-order valence-corrected chi connectivity index (χ0v) is 23.4. The van der Waals surface area contributed by atoms with Crippen molar-refractivity contribution in [3.05, 3.63) is 42.4 Å². The Labute approximate surface area is 231 Å². The molecule has 2 aromatic rings. The number of nitrogens with zero attached hydrogens (tertiary/aromatic N) is 4. The normalized spacial score (nSPS) is 16.4. The molecule has 0 atom stereocenters. The number of nitrogens with one attached hydrogen (secondary N) is 1. The van der Waals surface area contributed by atoms with Crippen LogP contribution in [0.1, 0.15) is 45.2 Å². The number of likely N-dealkylation sites (tertiary alicyclic amines) is 1. The van der Waals surface area contributed by atoms with Crippen molar-refractivity contribution in [2.75, 3.05) is 24.1 Å². The summed E-state index contributed by atoms with van der Waals surface area (Å²) in [5, 5.41) is 7.12. The zero-order chi connectivity index (χ0) is 29.7. The minimum Gasteiger partial charge on any atom is -0.475 e. The number of aliphatic carboxylic acids is 1. The number of rotatable bonds is 8. The molecule has 1 aromatic carbocycles. The number of piperidine rings is 1. The number of aromatic nitrogens is 2. The first kappa shape index (κ1) is 31.3. The lowest BCUT2D eigenvalue weighted by atomic mass is 10.0. The van der Waals surface area contributed by atoms with Gasteiger partial charge in [-0.15, -0.1) is 0 Å². The van der Waals surface area contributed by atoms with Crippen LogP contribution in [0, 0.1) is 5.92 Å². The van der Waals surface area contributed by atoms with Crippen LogP contribution < -0.4 is 4.72 Å². The molecule has 2 fully saturated rings. The number of carboxylic acids is 1. The van der Waals surface area contributed by atoms with Gasteiger partial charge in [-0.3, -0.25) is 24.4 Å². The predicted octanol–water partition coefficient (Wildman–Crippen LogP) is 3.76. The average molecular weight is 586 g/mol. The van der Waals surface area contributed by atoms with E-state index in [0.717, 1.165) is 55.7 Å². The average Bonchev–Trinajstić information content (AvgIpc) is 3.72. The number of sulfonamides is 1. The maximum atomic E-state index is 12.3. The monoisotopic (exact) mass is 585 g/mol. The Balaban J connectivity index is 0.000000559. The van der Waals surface area contributed by atoms with E-state index < -0.39 is 22.2 Å². The molecule has 1 amide bonds. The van der Waals surface area contributed by atoms with E-state index in [9.17, 15) is 26.4 Å². The van der Waals surface area contributed by atoms with Crippen LogP contribution in [0.3, 0.4) is 0 Å². The van der Waals surface area contributed by atoms with Crippen molar-refractivity contribution in [2.24, 2.45) is 5.92 Å². The molecule has 1 aliphatic heterocycles. The van der Waals surface area contributed by atoms with Crippen molar-refractivity contribution in [1.29, 1.82) is 0 Å². The quantitative estimate of drug-likeness (QED) is 0.479. The Morgan fingerprint density at radius 2 is 1.60 bits per heavy atom. The van der Waals surface area contributed by atoms with E-state index in [2.05, 4.69) is 19.6 Å². The first-order chi connectivity index (χ1) is 18.6. The van der Waals surface area contributed by atoms with E-state index in [-0.39, 0.29) is 11.8 Å².